The van der Waals surface area contributed by atoms with Crippen molar-refractivity contribution in [2.75, 3.05) is 19.6 Å². The molecule has 0 aliphatic heterocycles. The second-order valence-electron chi connectivity index (χ2n) is 5.76. The van der Waals surface area contributed by atoms with Crippen LogP contribution in [0.15, 0.2) is 83.4 Å². The van der Waals surface area contributed by atoms with Gasteiger partial charge < -0.3 is 0 Å². The summed E-state index contributed by atoms with van der Waals surface area (Å²) >= 11 is 0. The lowest BCUT2D eigenvalue weighted by Gasteiger charge is -2.26. The van der Waals surface area contributed by atoms with Crippen LogP contribution in [0.2, 0.25) is 0 Å². The second kappa shape index (κ2) is 8.21. The summed E-state index contributed by atoms with van der Waals surface area (Å²) < 4.78 is 1.71. The molecule has 0 radical (unpaired) electrons. The molecule has 0 unspecified atom stereocenters. The molecule has 0 aliphatic rings. The van der Waals surface area contributed by atoms with Gasteiger partial charge in [0.25, 0.3) is 5.56 Å². The molecule has 1 aromatic heterocycles. The number of aromatic nitrogens is 2. The zero-order valence-corrected chi connectivity index (χ0v) is 14.6. The Kier molecular flexibility index (Phi) is 6.03. The van der Waals surface area contributed by atoms with Gasteiger partial charge in [-0.3, -0.25) is 9.89 Å². The molecule has 6 nitrogen and oxygen atoms in total. The summed E-state index contributed by atoms with van der Waals surface area (Å²) in [4.78, 5) is 12.7. The zero-order valence-electron chi connectivity index (χ0n) is 14.6. The highest BCUT2D eigenvalue weighted by molar-refractivity contribution is 5.42. The van der Waals surface area contributed by atoms with Gasteiger partial charge in [0.2, 0.25) is 0 Å². The van der Waals surface area contributed by atoms with E-state index in [1.807, 2.05) is 30.3 Å². The van der Waals surface area contributed by atoms with Crippen LogP contribution in [0.5, 0.6) is 0 Å². The fourth-order valence-electron chi connectivity index (χ4n) is 2.61. The SMILES string of the molecule is C=CC[N+](CC=C)(CC=C)N=Nc1c(C)[nH]n(-c2ccccc2)c1=O. The third-order valence-corrected chi connectivity index (χ3v) is 3.80. The summed E-state index contributed by atoms with van der Waals surface area (Å²) in [6, 6.07) is 9.35. The van der Waals surface area contributed by atoms with Gasteiger partial charge in [-0.25, -0.2) is 4.68 Å². The van der Waals surface area contributed by atoms with Crippen LogP contribution >= 0.6 is 0 Å². The van der Waals surface area contributed by atoms with Crippen LogP contribution in [0.25, 0.3) is 5.69 Å². The molecule has 0 atom stereocenters. The highest BCUT2D eigenvalue weighted by atomic mass is 16.1. The molecule has 1 aromatic carbocycles. The van der Waals surface area contributed by atoms with Gasteiger partial charge in [-0.2, -0.15) is 4.59 Å². The average molecular weight is 338 g/mol. The molecule has 0 spiro atoms. The van der Waals surface area contributed by atoms with Crippen molar-refractivity contribution in [3.05, 3.63) is 84.3 Å². The number of para-hydroxylation sites is 1. The molecule has 0 saturated carbocycles. The number of nitrogens with zero attached hydrogens (tertiary/aromatic N) is 4. The van der Waals surface area contributed by atoms with Gasteiger partial charge in [0, 0.05) is 5.22 Å². The van der Waals surface area contributed by atoms with Crippen LogP contribution in [0.3, 0.4) is 0 Å². The van der Waals surface area contributed by atoms with Crippen molar-refractivity contribution < 1.29 is 4.59 Å². The van der Waals surface area contributed by atoms with E-state index in [4.69, 9.17) is 0 Å². The topological polar surface area (TPSA) is 62.5 Å². The van der Waals surface area contributed by atoms with Gasteiger partial charge in [-0.05, 0) is 37.3 Å². The van der Waals surface area contributed by atoms with Gasteiger partial charge in [0.15, 0.2) is 5.69 Å². The van der Waals surface area contributed by atoms with Gasteiger partial charge in [0.1, 0.15) is 19.6 Å². The zero-order chi connectivity index (χ0) is 18.3. The maximum Gasteiger partial charge on any atom is 0.299 e. The van der Waals surface area contributed by atoms with Crippen LogP contribution < -0.4 is 5.56 Å². The minimum atomic E-state index is -0.235. The van der Waals surface area contributed by atoms with Crippen molar-refractivity contribution in [1.29, 1.82) is 0 Å². The first-order valence-electron chi connectivity index (χ1n) is 8.06. The first-order valence-corrected chi connectivity index (χ1v) is 8.06. The Labute approximate surface area is 147 Å². The largest absolute Gasteiger partial charge is 0.299 e. The van der Waals surface area contributed by atoms with E-state index >= 15 is 0 Å². The number of H-pyrrole nitrogens is 1. The smallest absolute Gasteiger partial charge is 0.293 e. The molecule has 0 bridgehead atoms. The van der Waals surface area contributed by atoms with Gasteiger partial charge >= 0.3 is 0 Å². The highest BCUT2D eigenvalue weighted by Gasteiger charge is 2.24. The maximum absolute atomic E-state index is 12.7. The average Bonchev–Trinajstić information content (AvgIpc) is 2.89. The molecule has 1 N–H and O–H groups in total. The third-order valence-electron chi connectivity index (χ3n) is 3.80. The van der Waals surface area contributed by atoms with Crippen LogP contribution in [0.1, 0.15) is 5.69 Å². The van der Waals surface area contributed by atoms with Crippen LogP contribution in [0.4, 0.5) is 5.69 Å². The normalized spacial score (nSPS) is 11.6. The van der Waals surface area contributed by atoms with Crippen LogP contribution in [0, 0.1) is 6.92 Å². The number of benzene rings is 1. The Morgan fingerprint density at radius 3 is 2.16 bits per heavy atom. The van der Waals surface area contributed by atoms with E-state index in [1.54, 1.807) is 25.2 Å². The van der Waals surface area contributed by atoms with Crippen molar-refractivity contribution in [3.63, 3.8) is 0 Å². The molecule has 0 amide bonds. The second-order valence-corrected chi connectivity index (χ2v) is 5.76. The number of aryl methyl sites for hydroxylation is 1. The molecule has 2 aromatic rings. The number of aromatic amines is 1. The Morgan fingerprint density at radius 2 is 1.64 bits per heavy atom. The number of hydrogen-bond donors (Lipinski definition) is 1. The lowest BCUT2D eigenvalue weighted by atomic mass is 10.3. The minimum absolute atomic E-state index is 0.235. The Hall–Kier alpha value is -2.99. The Balaban J connectivity index is 2.44. The van der Waals surface area contributed by atoms with Crippen molar-refractivity contribution in [3.8, 4) is 5.69 Å². The van der Waals surface area contributed by atoms with Gasteiger partial charge in [0.05, 0.1) is 11.4 Å². The van der Waals surface area contributed by atoms with Gasteiger partial charge in [-0.15, -0.1) is 0 Å². The first-order chi connectivity index (χ1) is 12.1. The summed E-state index contributed by atoms with van der Waals surface area (Å²) in [6.45, 7) is 14.9. The lowest BCUT2D eigenvalue weighted by Crippen LogP contribution is -2.42. The predicted molar refractivity (Wildman–Crippen MR) is 101 cm³/mol. The third kappa shape index (κ3) is 4.10. The minimum Gasteiger partial charge on any atom is -0.293 e. The predicted octanol–water partition coefficient (Wildman–Crippen LogP) is 3.85. The quantitative estimate of drug-likeness (QED) is 0.321. The Morgan fingerprint density at radius 1 is 1.08 bits per heavy atom. The summed E-state index contributed by atoms with van der Waals surface area (Å²) in [6.07, 6.45) is 5.33. The van der Waals surface area contributed by atoms with E-state index in [2.05, 4.69) is 35.2 Å². The van der Waals surface area contributed by atoms with Crippen LogP contribution in [-0.4, -0.2) is 34.0 Å². The summed E-state index contributed by atoms with van der Waals surface area (Å²) in [7, 11) is 0. The molecule has 0 saturated heterocycles. The standard InChI is InChI=1S/C19H23N5O/c1-5-13-24(14-6-2,15-7-3)22-20-18-16(4)21-23(19(18)25)17-11-9-8-10-12-17/h5-12H,1-3,13-15H2,4H3/p+1. The number of nitrogens with one attached hydrogen (secondary N) is 1. The fraction of sp³-hybridized carbons (Fsp3) is 0.211. The van der Waals surface area contributed by atoms with E-state index in [9.17, 15) is 4.79 Å². The molecule has 6 heteroatoms. The molecule has 0 aliphatic carbocycles. The number of rotatable bonds is 9. The molecular weight excluding hydrogens is 314 g/mol. The molecule has 0 fully saturated rings. The molecule has 1 heterocycles. The monoisotopic (exact) mass is 338 g/mol. The summed E-state index contributed by atoms with van der Waals surface area (Å²) in [5.74, 6) is 0. The maximum atomic E-state index is 12.7. The van der Waals surface area contributed by atoms with Crippen molar-refractivity contribution in [2.24, 2.45) is 10.3 Å². The van der Waals surface area contributed by atoms with Gasteiger partial charge in [-0.1, -0.05) is 43.1 Å². The van der Waals surface area contributed by atoms with E-state index in [1.165, 1.54) is 4.68 Å². The van der Waals surface area contributed by atoms with Crippen molar-refractivity contribution in [1.82, 2.24) is 9.78 Å². The summed E-state index contributed by atoms with van der Waals surface area (Å²) in [5.41, 5.74) is 1.47. The van der Waals surface area contributed by atoms with E-state index in [0.29, 0.717) is 31.0 Å². The first kappa shape index (κ1) is 18.4. The van der Waals surface area contributed by atoms with E-state index in [-0.39, 0.29) is 10.2 Å². The number of hydrogen-bond acceptors (Lipinski definition) is 3. The van der Waals surface area contributed by atoms with E-state index < -0.39 is 0 Å². The van der Waals surface area contributed by atoms with Crippen molar-refractivity contribution in [2.45, 2.75) is 6.92 Å². The lowest BCUT2D eigenvalue weighted by molar-refractivity contribution is -0.923. The fourth-order valence-corrected chi connectivity index (χ4v) is 2.61. The molecule has 2 rings (SSSR count). The Bertz CT molecular complexity index is 803. The highest BCUT2D eigenvalue weighted by Crippen LogP contribution is 2.18. The molecule has 130 valence electrons. The molecular formula is C19H24N5O+. The number of quaternary nitrogens is 1. The van der Waals surface area contributed by atoms with Crippen LogP contribution in [-0.2, 0) is 0 Å². The molecule has 25 heavy (non-hydrogen) atoms. The van der Waals surface area contributed by atoms with Crippen molar-refractivity contribution >= 4 is 5.69 Å². The summed E-state index contributed by atoms with van der Waals surface area (Å²) in [5, 5.41) is 11.8. The van der Waals surface area contributed by atoms with E-state index in [0.717, 1.165) is 5.69 Å².